The van der Waals surface area contributed by atoms with Crippen molar-refractivity contribution < 1.29 is 19.1 Å². The topological polar surface area (TPSA) is 91.0 Å². The SMILES string of the molecule is O=C(CN1C(=O)N[C@@]2(CCOc3ccccc32)C1=O)Nc1ccccc1N1CCCC1. The highest BCUT2D eigenvalue weighted by Crippen LogP contribution is 2.41. The molecule has 160 valence electrons. The highest BCUT2D eigenvalue weighted by molar-refractivity contribution is 6.11. The number of hydrogen-bond donors (Lipinski definition) is 2. The molecule has 3 heterocycles. The smallest absolute Gasteiger partial charge is 0.325 e. The molecule has 0 aliphatic carbocycles. The second-order valence-corrected chi connectivity index (χ2v) is 8.08. The number of urea groups is 1. The van der Waals surface area contributed by atoms with Gasteiger partial charge < -0.3 is 20.3 Å². The van der Waals surface area contributed by atoms with Gasteiger partial charge in [0.05, 0.1) is 18.0 Å². The van der Waals surface area contributed by atoms with Crippen LogP contribution < -0.4 is 20.3 Å². The van der Waals surface area contributed by atoms with Crippen LogP contribution in [0.3, 0.4) is 0 Å². The van der Waals surface area contributed by atoms with Gasteiger partial charge in [-0.25, -0.2) is 4.79 Å². The number of rotatable bonds is 4. The summed E-state index contributed by atoms with van der Waals surface area (Å²) in [6.45, 7) is 1.86. The van der Waals surface area contributed by atoms with Gasteiger partial charge in [0.25, 0.3) is 5.91 Å². The Balaban J connectivity index is 1.34. The van der Waals surface area contributed by atoms with Crippen LogP contribution in [0.1, 0.15) is 24.8 Å². The third-order valence-electron chi connectivity index (χ3n) is 6.18. The maximum atomic E-state index is 13.3. The molecule has 2 aromatic rings. The van der Waals surface area contributed by atoms with Crippen LogP contribution in [0.25, 0.3) is 0 Å². The first-order chi connectivity index (χ1) is 15.1. The second-order valence-electron chi connectivity index (χ2n) is 8.08. The summed E-state index contributed by atoms with van der Waals surface area (Å²) in [5.74, 6) is -0.253. The standard InChI is InChI=1S/C23H24N4O4/c28-20(24-17-8-2-3-9-18(17)26-12-5-6-13-26)15-27-21(29)23(25-22(27)30)11-14-31-19-10-4-1-7-16(19)23/h1-4,7-10H,5-6,11-15H2,(H,24,28)(H,25,30)/t23-/m1/s1. The van der Waals surface area contributed by atoms with E-state index in [0.717, 1.165) is 36.5 Å². The highest BCUT2D eigenvalue weighted by Gasteiger charge is 2.55. The number of imide groups is 1. The molecule has 0 bridgehead atoms. The minimum atomic E-state index is -1.18. The molecule has 0 radical (unpaired) electrons. The molecular formula is C23H24N4O4. The van der Waals surface area contributed by atoms with Crippen molar-refractivity contribution in [3.8, 4) is 5.75 Å². The van der Waals surface area contributed by atoms with Gasteiger partial charge in [-0.3, -0.25) is 14.5 Å². The van der Waals surface area contributed by atoms with E-state index in [4.69, 9.17) is 4.74 Å². The number of nitrogens with one attached hydrogen (secondary N) is 2. The number of benzene rings is 2. The normalized spacial score (nSPS) is 22.3. The van der Waals surface area contributed by atoms with Crippen molar-refractivity contribution in [2.24, 2.45) is 0 Å². The third-order valence-corrected chi connectivity index (χ3v) is 6.18. The minimum Gasteiger partial charge on any atom is -0.493 e. The van der Waals surface area contributed by atoms with Crippen LogP contribution in [-0.2, 0) is 15.1 Å². The van der Waals surface area contributed by atoms with Crippen molar-refractivity contribution in [2.45, 2.75) is 24.8 Å². The first-order valence-electron chi connectivity index (χ1n) is 10.6. The summed E-state index contributed by atoms with van der Waals surface area (Å²) in [4.78, 5) is 42.1. The van der Waals surface area contributed by atoms with Gasteiger partial charge in [-0.15, -0.1) is 0 Å². The van der Waals surface area contributed by atoms with Gasteiger partial charge in [0.2, 0.25) is 5.91 Å². The first-order valence-corrected chi connectivity index (χ1v) is 10.6. The van der Waals surface area contributed by atoms with Crippen molar-refractivity contribution in [3.63, 3.8) is 0 Å². The van der Waals surface area contributed by atoms with Crippen molar-refractivity contribution in [3.05, 3.63) is 54.1 Å². The Kier molecular flexibility index (Phi) is 4.77. The number of amides is 4. The van der Waals surface area contributed by atoms with Crippen LogP contribution in [-0.4, -0.2) is 49.0 Å². The van der Waals surface area contributed by atoms with Gasteiger partial charge in [0.15, 0.2) is 5.54 Å². The van der Waals surface area contributed by atoms with Crippen LogP contribution in [0, 0.1) is 0 Å². The van der Waals surface area contributed by atoms with E-state index in [2.05, 4.69) is 15.5 Å². The number of nitrogens with zero attached hydrogens (tertiary/aromatic N) is 2. The molecule has 3 aliphatic rings. The van der Waals surface area contributed by atoms with E-state index < -0.39 is 23.4 Å². The molecule has 0 aromatic heterocycles. The number of hydrogen-bond acceptors (Lipinski definition) is 5. The number of para-hydroxylation sites is 3. The molecular weight excluding hydrogens is 396 g/mol. The molecule has 5 rings (SSSR count). The van der Waals surface area contributed by atoms with E-state index in [0.29, 0.717) is 30.0 Å². The quantitative estimate of drug-likeness (QED) is 0.742. The molecule has 2 N–H and O–H groups in total. The Labute approximate surface area is 180 Å². The Bertz CT molecular complexity index is 1050. The predicted molar refractivity (Wildman–Crippen MR) is 115 cm³/mol. The molecule has 1 atom stereocenters. The van der Waals surface area contributed by atoms with E-state index in [-0.39, 0.29) is 6.54 Å². The average molecular weight is 420 g/mol. The summed E-state index contributed by atoms with van der Waals surface area (Å²) < 4.78 is 5.65. The van der Waals surface area contributed by atoms with Gasteiger partial charge in [0.1, 0.15) is 12.3 Å². The van der Waals surface area contributed by atoms with Crippen molar-refractivity contribution >= 4 is 29.2 Å². The number of anilines is 2. The molecule has 3 aliphatic heterocycles. The average Bonchev–Trinajstić information content (AvgIpc) is 3.39. The summed E-state index contributed by atoms with van der Waals surface area (Å²) in [5.41, 5.74) is 1.09. The maximum Gasteiger partial charge on any atom is 0.325 e. The van der Waals surface area contributed by atoms with Gasteiger partial charge in [-0.05, 0) is 31.0 Å². The molecule has 8 heteroatoms. The summed E-state index contributed by atoms with van der Waals surface area (Å²) in [6.07, 6.45) is 2.57. The molecule has 31 heavy (non-hydrogen) atoms. The molecule has 2 fully saturated rings. The van der Waals surface area contributed by atoms with E-state index in [9.17, 15) is 14.4 Å². The Morgan fingerprint density at radius 1 is 1.06 bits per heavy atom. The molecule has 8 nitrogen and oxygen atoms in total. The van der Waals surface area contributed by atoms with E-state index in [1.165, 1.54) is 0 Å². The lowest BCUT2D eigenvalue weighted by atomic mass is 9.84. The fraction of sp³-hybridized carbons (Fsp3) is 0.348. The number of carbonyl (C=O) groups excluding carboxylic acids is 3. The highest BCUT2D eigenvalue weighted by atomic mass is 16.5. The predicted octanol–water partition coefficient (Wildman–Crippen LogP) is 2.46. The van der Waals surface area contributed by atoms with Crippen molar-refractivity contribution in [1.29, 1.82) is 0 Å². The lowest BCUT2D eigenvalue weighted by molar-refractivity contribution is -0.135. The zero-order chi connectivity index (χ0) is 21.4. The van der Waals surface area contributed by atoms with E-state index in [1.54, 1.807) is 18.2 Å². The second kappa shape index (κ2) is 7.61. The van der Waals surface area contributed by atoms with E-state index in [1.807, 2.05) is 30.3 Å². The monoisotopic (exact) mass is 420 g/mol. The van der Waals surface area contributed by atoms with Gasteiger partial charge in [-0.1, -0.05) is 30.3 Å². The van der Waals surface area contributed by atoms with Gasteiger partial charge >= 0.3 is 6.03 Å². The summed E-state index contributed by atoms with van der Waals surface area (Å²) in [7, 11) is 0. The lowest BCUT2D eigenvalue weighted by Crippen LogP contribution is -2.48. The van der Waals surface area contributed by atoms with Crippen LogP contribution >= 0.6 is 0 Å². The van der Waals surface area contributed by atoms with Crippen molar-refractivity contribution in [1.82, 2.24) is 10.2 Å². The lowest BCUT2D eigenvalue weighted by Gasteiger charge is -2.33. The third kappa shape index (κ3) is 3.28. The Hall–Kier alpha value is -3.55. The molecule has 2 saturated heterocycles. The van der Waals surface area contributed by atoms with Gasteiger partial charge in [0, 0.05) is 25.1 Å². The molecule has 2 aromatic carbocycles. The van der Waals surface area contributed by atoms with Crippen LogP contribution in [0.15, 0.2) is 48.5 Å². The Morgan fingerprint density at radius 3 is 2.65 bits per heavy atom. The summed E-state index contributed by atoms with van der Waals surface area (Å²) >= 11 is 0. The molecule has 0 unspecified atom stereocenters. The zero-order valence-electron chi connectivity index (χ0n) is 17.1. The summed E-state index contributed by atoms with van der Waals surface area (Å²) in [5, 5.41) is 5.71. The minimum absolute atomic E-state index is 0.312. The van der Waals surface area contributed by atoms with Crippen LogP contribution in [0.2, 0.25) is 0 Å². The van der Waals surface area contributed by atoms with Crippen LogP contribution in [0.5, 0.6) is 5.75 Å². The van der Waals surface area contributed by atoms with E-state index >= 15 is 0 Å². The van der Waals surface area contributed by atoms with Crippen molar-refractivity contribution in [2.75, 3.05) is 36.5 Å². The number of ether oxygens (including phenoxy) is 1. The zero-order valence-corrected chi connectivity index (χ0v) is 17.1. The number of fused-ring (bicyclic) bond motifs is 2. The Morgan fingerprint density at radius 2 is 1.81 bits per heavy atom. The van der Waals surface area contributed by atoms with Crippen LogP contribution in [0.4, 0.5) is 16.2 Å². The molecule has 4 amide bonds. The maximum absolute atomic E-state index is 13.3. The fourth-order valence-corrected chi connectivity index (χ4v) is 4.66. The molecule has 1 spiro atoms. The largest absolute Gasteiger partial charge is 0.493 e. The first kappa shape index (κ1) is 19.4. The summed E-state index contributed by atoms with van der Waals surface area (Å²) in [6, 6.07) is 14.2. The fourth-order valence-electron chi connectivity index (χ4n) is 4.66. The van der Waals surface area contributed by atoms with Gasteiger partial charge in [-0.2, -0.15) is 0 Å². The molecule has 0 saturated carbocycles. The number of carbonyl (C=O) groups is 3.